The van der Waals surface area contributed by atoms with Crippen molar-refractivity contribution in [2.24, 2.45) is 5.73 Å². The Hall–Kier alpha value is -1.61. The SMILES string of the molecule is NCCCc1ccc(-c2ncco2)cc1. The van der Waals surface area contributed by atoms with Crippen molar-refractivity contribution in [3.63, 3.8) is 0 Å². The van der Waals surface area contributed by atoms with Crippen molar-refractivity contribution in [1.29, 1.82) is 0 Å². The van der Waals surface area contributed by atoms with Crippen LogP contribution in [0.1, 0.15) is 12.0 Å². The smallest absolute Gasteiger partial charge is 0.225 e. The van der Waals surface area contributed by atoms with Crippen LogP contribution < -0.4 is 5.73 Å². The van der Waals surface area contributed by atoms with E-state index in [0.29, 0.717) is 5.89 Å². The highest BCUT2D eigenvalue weighted by molar-refractivity contribution is 5.53. The van der Waals surface area contributed by atoms with E-state index in [4.69, 9.17) is 10.2 Å². The first kappa shape index (κ1) is 9.93. The maximum absolute atomic E-state index is 5.46. The number of oxazole rings is 1. The van der Waals surface area contributed by atoms with Crippen molar-refractivity contribution in [2.45, 2.75) is 12.8 Å². The molecule has 2 rings (SSSR count). The van der Waals surface area contributed by atoms with E-state index >= 15 is 0 Å². The summed E-state index contributed by atoms with van der Waals surface area (Å²) in [6.07, 6.45) is 5.29. The van der Waals surface area contributed by atoms with E-state index in [-0.39, 0.29) is 0 Å². The molecule has 0 bridgehead atoms. The number of aromatic nitrogens is 1. The molecular formula is C12H14N2O. The molecule has 1 aromatic heterocycles. The fraction of sp³-hybridized carbons (Fsp3) is 0.250. The number of nitrogens with zero attached hydrogens (tertiary/aromatic N) is 1. The number of nitrogens with two attached hydrogens (primary N) is 1. The molecule has 0 aliphatic rings. The van der Waals surface area contributed by atoms with Crippen molar-refractivity contribution in [1.82, 2.24) is 4.98 Å². The molecule has 15 heavy (non-hydrogen) atoms. The third-order valence-corrected chi connectivity index (χ3v) is 2.30. The van der Waals surface area contributed by atoms with Crippen molar-refractivity contribution >= 4 is 0 Å². The summed E-state index contributed by atoms with van der Waals surface area (Å²) in [4.78, 5) is 4.09. The van der Waals surface area contributed by atoms with Gasteiger partial charge in [-0.15, -0.1) is 0 Å². The molecule has 0 spiro atoms. The second-order valence-electron chi connectivity index (χ2n) is 3.43. The van der Waals surface area contributed by atoms with Crippen LogP contribution in [0.4, 0.5) is 0 Å². The molecule has 0 aliphatic carbocycles. The highest BCUT2D eigenvalue weighted by Gasteiger charge is 2.01. The van der Waals surface area contributed by atoms with Crippen molar-refractivity contribution in [3.8, 4) is 11.5 Å². The van der Waals surface area contributed by atoms with E-state index in [0.717, 1.165) is 24.9 Å². The van der Waals surface area contributed by atoms with Gasteiger partial charge in [-0.05, 0) is 37.1 Å². The van der Waals surface area contributed by atoms with E-state index < -0.39 is 0 Å². The van der Waals surface area contributed by atoms with Gasteiger partial charge < -0.3 is 10.2 Å². The van der Waals surface area contributed by atoms with Gasteiger partial charge in [-0.1, -0.05) is 12.1 Å². The molecule has 0 radical (unpaired) electrons. The third-order valence-electron chi connectivity index (χ3n) is 2.30. The average molecular weight is 202 g/mol. The van der Waals surface area contributed by atoms with Gasteiger partial charge in [0.1, 0.15) is 6.26 Å². The summed E-state index contributed by atoms with van der Waals surface area (Å²) in [5, 5.41) is 0. The van der Waals surface area contributed by atoms with Gasteiger partial charge in [-0.25, -0.2) is 4.98 Å². The Morgan fingerprint density at radius 2 is 2.00 bits per heavy atom. The molecule has 0 saturated heterocycles. The second kappa shape index (κ2) is 4.75. The van der Waals surface area contributed by atoms with Crippen molar-refractivity contribution in [3.05, 3.63) is 42.3 Å². The van der Waals surface area contributed by atoms with Gasteiger partial charge in [-0.2, -0.15) is 0 Å². The van der Waals surface area contributed by atoms with E-state index in [1.165, 1.54) is 5.56 Å². The zero-order valence-corrected chi connectivity index (χ0v) is 8.52. The molecule has 2 N–H and O–H groups in total. The van der Waals surface area contributed by atoms with Gasteiger partial charge in [-0.3, -0.25) is 0 Å². The van der Waals surface area contributed by atoms with E-state index in [9.17, 15) is 0 Å². The Labute approximate surface area is 88.9 Å². The standard InChI is InChI=1S/C12H14N2O/c13-7-1-2-10-3-5-11(6-4-10)12-14-8-9-15-12/h3-6,8-9H,1-2,7,13H2. The molecule has 0 unspecified atom stereocenters. The summed E-state index contributed by atoms with van der Waals surface area (Å²) >= 11 is 0. The minimum absolute atomic E-state index is 0.667. The number of rotatable bonds is 4. The van der Waals surface area contributed by atoms with E-state index in [2.05, 4.69) is 17.1 Å². The Morgan fingerprint density at radius 1 is 1.20 bits per heavy atom. The lowest BCUT2D eigenvalue weighted by molar-refractivity contribution is 0.574. The molecule has 0 saturated carbocycles. The molecule has 2 aromatic rings. The predicted octanol–water partition coefficient (Wildman–Crippen LogP) is 2.23. The van der Waals surface area contributed by atoms with Crippen LogP contribution in [0.25, 0.3) is 11.5 Å². The maximum atomic E-state index is 5.46. The second-order valence-corrected chi connectivity index (χ2v) is 3.43. The minimum atomic E-state index is 0.667. The fourth-order valence-corrected chi connectivity index (χ4v) is 1.49. The van der Waals surface area contributed by atoms with Gasteiger partial charge in [0.15, 0.2) is 0 Å². The van der Waals surface area contributed by atoms with Crippen LogP contribution in [-0.2, 0) is 6.42 Å². The zero-order chi connectivity index (χ0) is 10.5. The molecule has 78 valence electrons. The molecule has 3 nitrogen and oxygen atoms in total. The maximum Gasteiger partial charge on any atom is 0.225 e. The number of aryl methyl sites for hydroxylation is 1. The number of hydrogen-bond acceptors (Lipinski definition) is 3. The molecule has 1 heterocycles. The Morgan fingerprint density at radius 3 is 2.60 bits per heavy atom. The molecule has 3 heteroatoms. The molecule has 0 aliphatic heterocycles. The van der Waals surface area contributed by atoms with E-state index in [1.807, 2.05) is 12.1 Å². The van der Waals surface area contributed by atoms with Crippen LogP contribution >= 0.6 is 0 Å². The van der Waals surface area contributed by atoms with Crippen molar-refractivity contribution in [2.75, 3.05) is 6.54 Å². The molecule has 0 atom stereocenters. The first-order valence-corrected chi connectivity index (χ1v) is 5.09. The molecular weight excluding hydrogens is 188 g/mol. The number of hydrogen-bond donors (Lipinski definition) is 1. The lowest BCUT2D eigenvalue weighted by Crippen LogP contribution is -2.00. The highest BCUT2D eigenvalue weighted by Crippen LogP contribution is 2.17. The molecule has 0 fully saturated rings. The zero-order valence-electron chi connectivity index (χ0n) is 8.52. The summed E-state index contributed by atoms with van der Waals surface area (Å²) in [6.45, 7) is 0.738. The predicted molar refractivity (Wildman–Crippen MR) is 59.3 cm³/mol. The van der Waals surface area contributed by atoms with Crippen LogP contribution in [0.2, 0.25) is 0 Å². The topological polar surface area (TPSA) is 52.0 Å². The first-order chi connectivity index (χ1) is 7.40. The summed E-state index contributed by atoms with van der Waals surface area (Å²) in [7, 11) is 0. The van der Waals surface area contributed by atoms with E-state index in [1.54, 1.807) is 12.5 Å². The van der Waals surface area contributed by atoms with Gasteiger partial charge >= 0.3 is 0 Å². The minimum Gasteiger partial charge on any atom is -0.445 e. The first-order valence-electron chi connectivity index (χ1n) is 5.09. The summed E-state index contributed by atoms with van der Waals surface area (Å²) < 4.78 is 5.21. The summed E-state index contributed by atoms with van der Waals surface area (Å²) in [5.41, 5.74) is 7.77. The molecule has 1 aromatic carbocycles. The van der Waals surface area contributed by atoms with Gasteiger partial charge in [0.25, 0.3) is 0 Å². The summed E-state index contributed by atoms with van der Waals surface area (Å²) in [6, 6.07) is 8.24. The molecule has 0 amide bonds. The summed E-state index contributed by atoms with van der Waals surface area (Å²) in [5.74, 6) is 0.667. The van der Waals surface area contributed by atoms with Crippen LogP contribution in [0.3, 0.4) is 0 Å². The number of benzene rings is 1. The van der Waals surface area contributed by atoms with Crippen LogP contribution in [0, 0.1) is 0 Å². The largest absolute Gasteiger partial charge is 0.445 e. The van der Waals surface area contributed by atoms with Gasteiger partial charge in [0, 0.05) is 5.56 Å². The third kappa shape index (κ3) is 2.44. The highest BCUT2D eigenvalue weighted by atomic mass is 16.3. The fourth-order valence-electron chi connectivity index (χ4n) is 1.49. The van der Waals surface area contributed by atoms with Crippen LogP contribution in [0.15, 0.2) is 41.1 Å². The Bertz CT molecular complexity index is 392. The van der Waals surface area contributed by atoms with Crippen LogP contribution in [-0.4, -0.2) is 11.5 Å². The normalized spacial score (nSPS) is 10.5. The monoisotopic (exact) mass is 202 g/mol. The van der Waals surface area contributed by atoms with Crippen LogP contribution in [0.5, 0.6) is 0 Å². The van der Waals surface area contributed by atoms with Crippen molar-refractivity contribution < 1.29 is 4.42 Å². The quantitative estimate of drug-likeness (QED) is 0.827. The lowest BCUT2D eigenvalue weighted by Gasteiger charge is -2.00. The van der Waals surface area contributed by atoms with Gasteiger partial charge in [0.2, 0.25) is 5.89 Å². The van der Waals surface area contributed by atoms with Gasteiger partial charge in [0.05, 0.1) is 6.20 Å². The average Bonchev–Trinajstić information content (AvgIpc) is 2.80. The Kier molecular flexibility index (Phi) is 3.15. The Balaban J connectivity index is 2.11. The lowest BCUT2D eigenvalue weighted by atomic mass is 10.1.